The Labute approximate surface area is 99.5 Å². The molecule has 4 nitrogen and oxygen atoms in total. The first-order chi connectivity index (χ1) is 8.06. The maximum Gasteiger partial charge on any atom is 0.214 e. The molecule has 90 valence electrons. The van der Waals surface area contributed by atoms with Crippen LogP contribution in [0.3, 0.4) is 0 Å². The second-order valence-corrected chi connectivity index (χ2v) is 4.06. The van der Waals surface area contributed by atoms with Crippen molar-refractivity contribution in [1.29, 1.82) is 0 Å². The summed E-state index contributed by atoms with van der Waals surface area (Å²) in [5, 5.41) is 7.42. The Kier molecular flexibility index (Phi) is 3.08. The molecule has 0 fully saturated rings. The predicted molar refractivity (Wildman–Crippen MR) is 64.2 cm³/mol. The molecule has 1 atom stereocenters. The summed E-state index contributed by atoms with van der Waals surface area (Å²) in [4.78, 5) is 3.77. The summed E-state index contributed by atoms with van der Waals surface area (Å²) in [6, 6.07) is 4.74. The summed E-state index contributed by atoms with van der Waals surface area (Å²) in [5.74, 6) is 0.0471. The lowest BCUT2D eigenvalue weighted by atomic mass is 10.1. The molecule has 2 aromatic heterocycles. The van der Waals surface area contributed by atoms with Crippen molar-refractivity contribution in [3.05, 3.63) is 41.6 Å². The number of hydrogen-bond donors (Lipinski definition) is 1. The monoisotopic (exact) mass is 234 g/mol. The number of rotatable bonds is 3. The highest BCUT2D eigenvalue weighted by Gasteiger charge is 2.12. The summed E-state index contributed by atoms with van der Waals surface area (Å²) in [5.41, 5.74) is 2.04. The van der Waals surface area contributed by atoms with E-state index in [0.717, 1.165) is 11.3 Å². The molecule has 5 heteroatoms. The number of hydrogen-bond acceptors (Lipinski definition) is 3. The quantitative estimate of drug-likeness (QED) is 0.829. The molecule has 0 bridgehead atoms. The van der Waals surface area contributed by atoms with Crippen LogP contribution in [0.25, 0.3) is 0 Å². The van der Waals surface area contributed by atoms with Gasteiger partial charge in [-0.3, -0.25) is 4.68 Å². The first-order valence-electron chi connectivity index (χ1n) is 5.45. The molecule has 0 aliphatic rings. The molecule has 2 heterocycles. The number of pyridine rings is 1. The van der Waals surface area contributed by atoms with Crippen molar-refractivity contribution in [2.75, 3.05) is 5.32 Å². The second-order valence-electron chi connectivity index (χ2n) is 4.06. The lowest BCUT2D eigenvalue weighted by Gasteiger charge is -2.13. The minimum Gasteiger partial charge on any atom is -0.363 e. The maximum atomic E-state index is 12.9. The second kappa shape index (κ2) is 4.53. The molecule has 0 radical (unpaired) electrons. The summed E-state index contributed by atoms with van der Waals surface area (Å²) in [7, 11) is 1.88. The molecule has 0 saturated heterocycles. The van der Waals surface area contributed by atoms with Crippen molar-refractivity contribution < 1.29 is 4.39 Å². The van der Waals surface area contributed by atoms with Crippen molar-refractivity contribution in [2.24, 2.45) is 7.05 Å². The molecule has 1 N–H and O–H groups in total. The normalized spacial score (nSPS) is 12.5. The van der Waals surface area contributed by atoms with Gasteiger partial charge in [0.05, 0.1) is 11.7 Å². The van der Waals surface area contributed by atoms with E-state index in [0.29, 0.717) is 5.82 Å². The van der Waals surface area contributed by atoms with Gasteiger partial charge < -0.3 is 5.32 Å². The van der Waals surface area contributed by atoms with Crippen molar-refractivity contribution in [3.63, 3.8) is 0 Å². The van der Waals surface area contributed by atoms with Crippen molar-refractivity contribution in [1.82, 2.24) is 14.8 Å². The molecule has 0 spiro atoms. The van der Waals surface area contributed by atoms with Gasteiger partial charge in [0.15, 0.2) is 0 Å². The molecule has 2 aromatic rings. The van der Waals surface area contributed by atoms with Gasteiger partial charge in [0.2, 0.25) is 5.95 Å². The largest absolute Gasteiger partial charge is 0.363 e. The SMILES string of the molecule is Cc1nn(C)cc1C(C)Nc1cccc(F)n1. The van der Waals surface area contributed by atoms with Crippen LogP contribution in [-0.2, 0) is 7.05 Å². The zero-order valence-corrected chi connectivity index (χ0v) is 10.1. The van der Waals surface area contributed by atoms with Gasteiger partial charge in [0.25, 0.3) is 0 Å². The van der Waals surface area contributed by atoms with Crippen molar-refractivity contribution >= 4 is 5.82 Å². The van der Waals surface area contributed by atoms with Crippen LogP contribution in [-0.4, -0.2) is 14.8 Å². The molecule has 0 saturated carbocycles. The number of anilines is 1. The van der Waals surface area contributed by atoms with Gasteiger partial charge in [-0.2, -0.15) is 9.49 Å². The van der Waals surface area contributed by atoms with Gasteiger partial charge in [-0.25, -0.2) is 4.98 Å². The highest BCUT2D eigenvalue weighted by atomic mass is 19.1. The topological polar surface area (TPSA) is 42.7 Å². The summed E-state index contributed by atoms with van der Waals surface area (Å²) < 4.78 is 14.7. The fraction of sp³-hybridized carbons (Fsp3) is 0.333. The van der Waals surface area contributed by atoms with Crippen molar-refractivity contribution in [3.8, 4) is 0 Å². The first-order valence-corrected chi connectivity index (χ1v) is 5.45. The molecule has 2 rings (SSSR count). The van der Waals surface area contributed by atoms with Gasteiger partial charge in [-0.1, -0.05) is 6.07 Å². The molecule has 17 heavy (non-hydrogen) atoms. The van der Waals surface area contributed by atoms with E-state index in [1.165, 1.54) is 6.07 Å². The highest BCUT2D eigenvalue weighted by Crippen LogP contribution is 2.20. The van der Waals surface area contributed by atoms with Gasteiger partial charge in [-0.05, 0) is 26.0 Å². The number of aryl methyl sites for hydroxylation is 2. The van der Waals surface area contributed by atoms with E-state index >= 15 is 0 Å². The number of aromatic nitrogens is 3. The number of halogens is 1. The molecule has 0 amide bonds. The predicted octanol–water partition coefficient (Wildman–Crippen LogP) is 2.44. The summed E-state index contributed by atoms with van der Waals surface area (Å²) >= 11 is 0. The Morgan fingerprint density at radius 2 is 2.18 bits per heavy atom. The lowest BCUT2D eigenvalue weighted by molar-refractivity contribution is 0.584. The minimum absolute atomic E-state index is 0.0398. The third kappa shape index (κ3) is 2.61. The van der Waals surface area contributed by atoms with Gasteiger partial charge in [0, 0.05) is 18.8 Å². The third-order valence-electron chi connectivity index (χ3n) is 2.60. The van der Waals surface area contributed by atoms with Crippen LogP contribution >= 0.6 is 0 Å². The maximum absolute atomic E-state index is 12.9. The minimum atomic E-state index is -0.481. The zero-order valence-electron chi connectivity index (χ0n) is 10.1. The van der Waals surface area contributed by atoms with Gasteiger partial charge >= 0.3 is 0 Å². The number of nitrogens with zero attached hydrogens (tertiary/aromatic N) is 3. The Balaban J connectivity index is 2.16. The Morgan fingerprint density at radius 1 is 1.41 bits per heavy atom. The Bertz CT molecular complexity index is 521. The number of nitrogens with one attached hydrogen (secondary N) is 1. The van der Waals surface area contributed by atoms with Crippen LogP contribution in [0.5, 0.6) is 0 Å². The fourth-order valence-corrected chi connectivity index (χ4v) is 1.83. The van der Waals surface area contributed by atoms with Gasteiger partial charge in [0.1, 0.15) is 5.82 Å². The fourth-order valence-electron chi connectivity index (χ4n) is 1.83. The van der Waals surface area contributed by atoms with E-state index in [1.807, 2.05) is 27.1 Å². The lowest BCUT2D eigenvalue weighted by Crippen LogP contribution is -2.08. The molecule has 0 aliphatic heterocycles. The van der Waals surface area contributed by atoms with Crippen LogP contribution < -0.4 is 5.32 Å². The zero-order chi connectivity index (χ0) is 12.4. The van der Waals surface area contributed by atoms with Crippen LogP contribution in [0.15, 0.2) is 24.4 Å². The third-order valence-corrected chi connectivity index (χ3v) is 2.60. The average Bonchev–Trinajstić information content (AvgIpc) is 2.58. The molecular weight excluding hydrogens is 219 g/mol. The molecule has 1 unspecified atom stereocenters. The van der Waals surface area contributed by atoms with E-state index in [4.69, 9.17) is 0 Å². The van der Waals surface area contributed by atoms with Gasteiger partial charge in [-0.15, -0.1) is 0 Å². The van der Waals surface area contributed by atoms with Crippen LogP contribution in [0.2, 0.25) is 0 Å². The van der Waals surface area contributed by atoms with E-state index < -0.39 is 5.95 Å². The van der Waals surface area contributed by atoms with Crippen LogP contribution in [0.1, 0.15) is 24.2 Å². The Morgan fingerprint density at radius 3 is 2.76 bits per heavy atom. The van der Waals surface area contributed by atoms with Crippen molar-refractivity contribution in [2.45, 2.75) is 19.9 Å². The van der Waals surface area contributed by atoms with Crippen LogP contribution in [0, 0.1) is 12.9 Å². The van der Waals surface area contributed by atoms with E-state index in [2.05, 4.69) is 15.4 Å². The van der Waals surface area contributed by atoms with E-state index in [-0.39, 0.29) is 6.04 Å². The summed E-state index contributed by atoms with van der Waals surface area (Å²) in [6.45, 7) is 3.95. The van der Waals surface area contributed by atoms with E-state index in [1.54, 1.807) is 16.8 Å². The smallest absolute Gasteiger partial charge is 0.214 e. The van der Waals surface area contributed by atoms with E-state index in [9.17, 15) is 4.39 Å². The molecule has 0 aromatic carbocycles. The average molecular weight is 234 g/mol. The molecule has 0 aliphatic carbocycles. The van der Waals surface area contributed by atoms with Crippen LogP contribution in [0.4, 0.5) is 10.2 Å². The first kappa shape index (κ1) is 11.6. The molecular formula is C12H15FN4. The Hall–Kier alpha value is -1.91. The standard InChI is InChI=1S/C12H15FN4/c1-8(10-7-17(3)16-9(10)2)14-12-6-4-5-11(13)15-12/h4-8H,1-3H3,(H,14,15). The highest BCUT2D eigenvalue weighted by molar-refractivity contribution is 5.38. The summed E-state index contributed by atoms with van der Waals surface area (Å²) in [6.07, 6.45) is 1.95.